The number of hydrogen-bond donors (Lipinski definition) is 1. The lowest BCUT2D eigenvalue weighted by molar-refractivity contribution is -0.0958. The van der Waals surface area contributed by atoms with Crippen LogP contribution >= 0.6 is 0 Å². The van der Waals surface area contributed by atoms with E-state index in [0.29, 0.717) is 29.7 Å². The van der Waals surface area contributed by atoms with Crippen molar-refractivity contribution in [3.05, 3.63) is 34.9 Å². The summed E-state index contributed by atoms with van der Waals surface area (Å²) < 4.78 is 0. The molecule has 0 aromatic carbocycles. The zero-order valence-corrected chi connectivity index (χ0v) is 11.9. The van der Waals surface area contributed by atoms with Crippen LogP contribution in [0.25, 0.3) is 0 Å². The van der Waals surface area contributed by atoms with Crippen LogP contribution in [0.4, 0.5) is 11.6 Å². The Morgan fingerprint density at radius 3 is 2.71 bits per heavy atom. The van der Waals surface area contributed by atoms with Gasteiger partial charge in [-0.3, -0.25) is 9.63 Å². The minimum atomic E-state index is -0.278. The number of carbonyl (C=O) groups excluding carboxylic acids is 1. The maximum absolute atomic E-state index is 11.8. The summed E-state index contributed by atoms with van der Waals surface area (Å²) in [6.45, 7) is 4.07. The third-order valence-electron chi connectivity index (χ3n) is 3.06. The molecule has 0 saturated heterocycles. The quantitative estimate of drug-likeness (QED) is 0.904. The molecule has 1 aliphatic rings. The van der Waals surface area contributed by atoms with Crippen molar-refractivity contribution in [2.45, 2.75) is 20.4 Å². The van der Waals surface area contributed by atoms with E-state index in [0.717, 1.165) is 11.3 Å². The molecule has 2 aromatic heterocycles. The second-order valence-corrected chi connectivity index (χ2v) is 4.69. The highest BCUT2D eigenvalue weighted by Crippen LogP contribution is 2.23. The summed E-state index contributed by atoms with van der Waals surface area (Å²) in [6.07, 6.45) is 0. The third kappa shape index (κ3) is 2.52. The van der Waals surface area contributed by atoms with E-state index in [2.05, 4.69) is 25.5 Å². The predicted octanol–water partition coefficient (Wildman–Crippen LogP) is 1.14. The molecule has 8 nitrogen and oxygen atoms in total. The first-order chi connectivity index (χ1) is 10.1. The molecule has 8 heteroatoms. The number of nitrogens with zero attached hydrogens (tertiary/aromatic N) is 5. The maximum atomic E-state index is 11.8. The fourth-order valence-corrected chi connectivity index (χ4v) is 2.20. The summed E-state index contributed by atoms with van der Waals surface area (Å²) in [5, 5.41) is 12.3. The molecule has 3 rings (SSSR count). The Morgan fingerprint density at radius 1 is 1.19 bits per heavy atom. The van der Waals surface area contributed by atoms with Gasteiger partial charge in [0, 0.05) is 17.3 Å². The third-order valence-corrected chi connectivity index (χ3v) is 3.06. The Hall–Kier alpha value is -2.61. The van der Waals surface area contributed by atoms with Crippen molar-refractivity contribution in [2.75, 3.05) is 12.4 Å². The number of hydrogen-bond acceptors (Lipinski definition) is 7. The average Bonchev–Trinajstić information content (AvgIpc) is 2.74. The van der Waals surface area contributed by atoms with Crippen LogP contribution in [0.3, 0.4) is 0 Å². The smallest absolute Gasteiger partial charge is 0.298 e. The number of aryl methyl sites for hydroxylation is 2. The number of rotatable bonds is 3. The van der Waals surface area contributed by atoms with E-state index < -0.39 is 0 Å². The molecule has 0 spiro atoms. The van der Waals surface area contributed by atoms with Gasteiger partial charge in [-0.05, 0) is 19.9 Å². The first kappa shape index (κ1) is 13.4. The lowest BCUT2D eigenvalue weighted by Crippen LogP contribution is -2.22. The molecule has 1 aliphatic heterocycles. The molecule has 0 radical (unpaired) electrons. The fraction of sp³-hybridized carbons (Fsp3) is 0.308. The molecule has 0 fully saturated rings. The van der Waals surface area contributed by atoms with Crippen molar-refractivity contribution in [3.63, 3.8) is 0 Å². The summed E-state index contributed by atoms with van der Waals surface area (Å²) >= 11 is 0. The van der Waals surface area contributed by atoms with Crippen molar-refractivity contribution in [3.8, 4) is 0 Å². The van der Waals surface area contributed by atoms with Gasteiger partial charge in [0.25, 0.3) is 5.91 Å². The van der Waals surface area contributed by atoms with Gasteiger partial charge in [0.1, 0.15) is 11.6 Å². The van der Waals surface area contributed by atoms with Gasteiger partial charge >= 0.3 is 0 Å². The van der Waals surface area contributed by atoms with Gasteiger partial charge < -0.3 is 5.32 Å². The average molecular weight is 286 g/mol. The summed E-state index contributed by atoms with van der Waals surface area (Å²) in [4.78, 5) is 25.3. The van der Waals surface area contributed by atoms with E-state index >= 15 is 0 Å². The highest BCUT2D eigenvalue weighted by Gasteiger charge is 2.30. The minimum Gasteiger partial charge on any atom is -0.323 e. The van der Waals surface area contributed by atoms with Crippen LogP contribution in [0.5, 0.6) is 0 Å². The Morgan fingerprint density at radius 2 is 2.00 bits per heavy atom. The molecule has 21 heavy (non-hydrogen) atoms. The van der Waals surface area contributed by atoms with Crippen molar-refractivity contribution < 1.29 is 9.63 Å². The van der Waals surface area contributed by atoms with Crippen LogP contribution in [-0.4, -0.2) is 38.2 Å². The van der Waals surface area contributed by atoms with Crippen molar-refractivity contribution in [2.24, 2.45) is 0 Å². The van der Waals surface area contributed by atoms with Gasteiger partial charge in [-0.25, -0.2) is 15.0 Å². The van der Waals surface area contributed by atoms with Crippen LogP contribution in [0.15, 0.2) is 12.1 Å². The van der Waals surface area contributed by atoms with Gasteiger partial charge in [0.15, 0.2) is 11.5 Å². The molecule has 1 amide bonds. The summed E-state index contributed by atoms with van der Waals surface area (Å²) in [5.41, 5.74) is 1.94. The zero-order valence-electron chi connectivity index (χ0n) is 11.9. The van der Waals surface area contributed by atoms with Crippen molar-refractivity contribution in [1.82, 2.24) is 25.2 Å². The first-order valence-electron chi connectivity index (χ1n) is 6.38. The second-order valence-electron chi connectivity index (χ2n) is 4.69. The molecule has 0 aliphatic carbocycles. The number of hydroxylamine groups is 2. The van der Waals surface area contributed by atoms with E-state index in [1.807, 2.05) is 19.9 Å². The minimum absolute atomic E-state index is 0.278. The SMILES string of the molecule is CON1Cc2cc(Nc3cc(C)nc(C)n3)nnc2C1=O. The second kappa shape index (κ2) is 5.06. The van der Waals surface area contributed by atoms with Gasteiger partial charge in [-0.2, -0.15) is 0 Å². The Kier molecular flexibility index (Phi) is 3.22. The van der Waals surface area contributed by atoms with Crippen LogP contribution in [0.2, 0.25) is 0 Å². The molecule has 2 aromatic rings. The summed E-state index contributed by atoms with van der Waals surface area (Å²) in [5.74, 6) is 1.56. The highest BCUT2D eigenvalue weighted by atomic mass is 16.7. The Balaban J connectivity index is 1.87. The number of fused-ring (bicyclic) bond motifs is 1. The van der Waals surface area contributed by atoms with E-state index in [4.69, 9.17) is 4.84 Å². The standard InChI is InChI=1S/C13H14N6O2/c1-7-4-10(15-8(2)14-7)16-11-5-9-6-19(21-3)13(20)12(9)18-17-11/h4-5H,6H2,1-3H3,(H,14,15,16,17). The van der Waals surface area contributed by atoms with Gasteiger partial charge in [0.05, 0.1) is 13.7 Å². The highest BCUT2D eigenvalue weighted by molar-refractivity contribution is 5.95. The molecule has 1 N–H and O–H groups in total. The number of nitrogens with one attached hydrogen (secondary N) is 1. The van der Waals surface area contributed by atoms with E-state index in [1.165, 1.54) is 12.2 Å². The Labute approximate surface area is 121 Å². The van der Waals surface area contributed by atoms with E-state index in [-0.39, 0.29) is 5.91 Å². The molecule has 0 saturated carbocycles. The van der Waals surface area contributed by atoms with Crippen LogP contribution in [0, 0.1) is 13.8 Å². The van der Waals surface area contributed by atoms with Gasteiger partial charge in [-0.15, -0.1) is 10.2 Å². The van der Waals surface area contributed by atoms with Crippen molar-refractivity contribution in [1.29, 1.82) is 0 Å². The van der Waals surface area contributed by atoms with Gasteiger partial charge in [0.2, 0.25) is 0 Å². The molecule has 0 bridgehead atoms. The van der Waals surface area contributed by atoms with E-state index in [9.17, 15) is 4.79 Å². The van der Waals surface area contributed by atoms with Crippen LogP contribution in [-0.2, 0) is 11.4 Å². The maximum Gasteiger partial charge on any atom is 0.298 e. The lowest BCUT2D eigenvalue weighted by atomic mass is 10.2. The molecular formula is C13H14N6O2. The molecule has 3 heterocycles. The number of amides is 1. The fourth-order valence-electron chi connectivity index (χ4n) is 2.20. The monoisotopic (exact) mass is 286 g/mol. The summed E-state index contributed by atoms with van der Waals surface area (Å²) in [6, 6.07) is 3.58. The van der Waals surface area contributed by atoms with Crippen LogP contribution < -0.4 is 5.32 Å². The molecular weight excluding hydrogens is 272 g/mol. The number of carbonyl (C=O) groups is 1. The normalized spacial score (nSPS) is 13.5. The lowest BCUT2D eigenvalue weighted by Gasteiger charge is -2.09. The summed E-state index contributed by atoms with van der Waals surface area (Å²) in [7, 11) is 1.45. The molecule has 108 valence electrons. The molecule has 0 unspecified atom stereocenters. The van der Waals surface area contributed by atoms with E-state index in [1.54, 1.807) is 6.07 Å². The largest absolute Gasteiger partial charge is 0.323 e. The Bertz CT molecular complexity index is 698. The topological polar surface area (TPSA) is 93.1 Å². The van der Waals surface area contributed by atoms with Gasteiger partial charge in [-0.1, -0.05) is 0 Å². The molecule has 0 atom stereocenters. The van der Waals surface area contributed by atoms with Crippen LogP contribution in [0.1, 0.15) is 27.6 Å². The first-order valence-corrected chi connectivity index (χ1v) is 6.38. The van der Waals surface area contributed by atoms with Crippen molar-refractivity contribution >= 4 is 17.5 Å². The number of aromatic nitrogens is 4. The predicted molar refractivity (Wildman–Crippen MR) is 73.7 cm³/mol. The zero-order chi connectivity index (χ0) is 15.0. The number of anilines is 2.